The summed E-state index contributed by atoms with van der Waals surface area (Å²) in [5, 5.41) is 8.86. The molecule has 8 heteroatoms. The van der Waals surface area contributed by atoms with Gasteiger partial charge in [0.25, 0.3) is 0 Å². The molecule has 1 aliphatic rings. The van der Waals surface area contributed by atoms with Crippen LogP contribution in [0.25, 0.3) is 0 Å². The Morgan fingerprint density at radius 1 is 1.29 bits per heavy atom. The molecule has 2 N–H and O–H groups in total. The van der Waals surface area contributed by atoms with Crippen LogP contribution in [0.15, 0.2) is 24.3 Å². The van der Waals surface area contributed by atoms with E-state index in [9.17, 15) is 18.0 Å². The number of sulfonamides is 1. The zero-order valence-electron chi connectivity index (χ0n) is 13.6. The number of carbonyl (C=O) groups excluding carboxylic acids is 1. The van der Waals surface area contributed by atoms with Gasteiger partial charge in [0.05, 0.1) is 11.8 Å². The molecule has 0 saturated carbocycles. The fraction of sp³-hybridized carbons (Fsp3) is 0.500. The predicted molar refractivity (Wildman–Crippen MR) is 89.3 cm³/mol. The molecule has 2 rings (SSSR count). The first-order valence-corrected chi connectivity index (χ1v) is 9.71. The smallest absolute Gasteiger partial charge is 0.335 e. The average molecular weight is 354 g/mol. The lowest BCUT2D eigenvalue weighted by Crippen LogP contribution is -2.49. The van der Waals surface area contributed by atoms with Crippen molar-refractivity contribution in [3.63, 3.8) is 0 Å². The molecular weight excluding hydrogens is 332 g/mol. The van der Waals surface area contributed by atoms with Gasteiger partial charge in [0.1, 0.15) is 0 Å². The molecule has 1 fully saturated rings. The molecule has 24 heavy (non-hydrogen) atoms. The highest BCUT2D eigenvalue weighted by atomic mass is 32.2. The number of piperidine rings is 1. The third kappa shape index (κ3) is 5.61. The molecule has 1 aromatic rings. The second-order valence-corrected chi connectivity index (χ2v) is 7.85. The number of nitrogens with one attached hydrogen (secondary N) is 1. The van der Waals surface area contributed by atoms with E-state index in [1.54, 1.807) is 17.0 Å². The first-order chi connectivity index (χ1) is 11.2. The van der Waals surface area contributed by atoms with Crippen LogP contribution in [0.2, 0.25) is 0 Å². The Labute approximate surface area is 141 Å². The Kier molecular flexibility index (Phi) is 5.95. The number of carbonyl (C=O) groups is 2. The summed E-state index contributed by atoms with van der Waals surface area (Å²) in [6.07, 6.45) is 3.46. The van der Waals surface area contributed by atoms with Gasteiger partial charge in [-0.25, -0.2) is 17.9 Å². The van der Waals surface area contributed by atoms with Crippen molar-refractivity contribution in [3.8, 4) is 0 Å². The normalized spacial score (nSPS) is 18.4. The van der Waals surface area contributed by atoms with Gasteiger partial charge in [-0.2, -0.15) is 0 Å². The minimum atomic E-state index is -3.28. The fourth-order valence-electron chi connectivity index (χ4n) is 2.83. The van der Waals surface area contributed by atoms with E-state index in [1.165, 1.54) is 12.1 Å². The molecule has 7 nitrogen and oxygen atoms in total. The van der Waals surface area contributed by atoms with Gasteiger partial charge < -0.3 is 10.0 Å². The molecule has 1 amide bonds. The summed E-state index contributed by atoms with van der Waals surface area (Å²) < 4.78 is 25.2. The van der Waals surface area contributed by atoms with E-state index in [0.717, 1.165) is 24.7 Å². The van der Waals surface area contributed by atoms with E-state index in [0.29, 0.717) is 25.9 Å². The predicted octanol–water partition coefficient (Wildman–Crippen LogP) is 0.858. The second-order valence-electron chi connectivity index (χ2n) is 6.07. The highest BCUT2D eigenvalue weighted by Crippen LogP contribution is 2.14. The molecule has 132 valence electrons. The quantitative estimate of drug-likeness (QED) is 0.788. The Balaban J connectivity index is 1.86. The van der Waals surface area contributed by atoms with Crippen LogP contribution in [0.3, 0.4) is 0 Å². The van der Waals surface area contributed by atoms with Gasteiger partial charge in [-0.3, -0.25) is 4.79 Å². The third-order valence-corrected chi connectivity index (χ3v) is 4.74. The van der Waals surface area contributed by atoms with Gasteiger partial charge in [0.15, 0.2) is 0 Å². The van der Waals surface area contributed by atoms with Crippen molar-refractivity contribution in [1.82, 2.24) is 9.62 Å². The summed E-state index contributed by atoms with van der Waals surface area (Å²) >= 11 is 0. The number of hydrogen-bond donors (Lipinski definition) is 2. The van der Waals surface area contributed by atoms with Crippen LogP contribution in [0.5, 0.6) is 0 Å². The maximum Gasteiger partial charge on any atom is 0.335 e. The summed E-state index contributed by atoms with van der Waals surface area (Å²) in [5.41, 5.74) is 1.12. The number of carboxylic acid groups (broad SMARTS) is 1. The molecule has 1 unspecified atom stereocenters. The third-order valence-electron chi connectivity index (χ3n) is 3.98. The standard InChI is InChI=1S/C16H22N2O5S/c1-24(22,23)17-14-3-2-10-18(11-14)15(19)9-6-12-4-7-13(8-5-12)16(20)21/h4-5,7-8,14,17H,2-3,6,9-11H2,1H3,(H,20,21). The number of aromatic carboxylic acids is 1. The van der Waals surface area contributed by atoms with E-state index < -0.39 is 16.0 Å². The minimum Gasteiger partial charge on any atom is -0.478 e. The van der Waals surface area contributed by atoms with Gasteiger partial charge in [0, 0.05) is 25.6 Å². The Morgan fingerprint density at radius 3 is 2.54 bits per heavy atom. The van der Waals surface area contributed by atoms with Crippen LogP contribution in [0.4, 0.5) is 0 Å². The molecule has 0 aliphatic carbocycles. The number of aryl methyl sites for hydroxylation is 1. The van der Waals surface area contributed by atoms with Gasteiger partial charge in [0.2, 0.25) is 15.9 Å². The van der Waals surface area contributed by atoms with Crippen molar-refractivity contribution in [2.75, 3.05) is 19.3 Å². The first-order valence-electron chi connectivity index (χ1n) is 7.82. The molecule has 1 heterocycles. The maximum absolute atomic E-state index is 12.3. The highest BCUT2D eigenvalue weighted by Gasteiger charge is 2.25. The first kappa shape index (κ1) is 18.4. The molecule has 1 saturated heterocycles. The van der Waals surface area contributed by atoms with E-state index in [-0.39, 0.29) is 17.5 Å². The molecule has 0 radical (unpaired) electrons. The number of benzene rings is 1. The van der Waals surface area contributed by atoms with Crippen LogP contribution >= 0.6 is 0 Å². The Hall–Kier alpha value is -1.93. The van der Waals surface area contributed by atoms with Gasteiger partial charge in [-0.15, -0.1) is 0 Å². The van der Waals surface area contributed by atoms with Crippen LogP contribution in [0.1, 0.15) is 35.2 Å². The molecule has 1 aromatic carbocycles. The van der Waals surface area contributed by atoms with Crippen LogP contribution in [-0.2, 0) is 21.2 Å². The Bertz CT molecular complexity index is 700. The van der Waals surface area contributed by atoms with Gasteiger partial charge >= 0.3 is 5.97 Å². The summed E-state index contributed by atoms with van der Waals surface area (Å²) in [7, 11) is -3.28. The maximum atomic E-state index is 12.3. The lowest BCUT2D eigenvalue weighted by Gasteiger charge is -2.32. The highest BCUT2D eigenvalue weighted by molar-refractivity contribution is 7.88. The van der Waals surface area contributed by atoms with Crippen LogP contribution in [0, 0.1) is 0 Å². The molecule has 0 spiro atoms. The fourth-order valence-corrected chi connectivity index (χ4v) is 3.62. The molecular formula is C16H22N2O5S. The number of nitrogens with zero attached hydrogens (tertiary/aromatic N) is 1. The number of rotatable bonds is 6. The van der Waals surface area contributed by atoms with Crippen molar-refractivity contribution in [3.05, 3.63) is 35.4 Å². The lowest BCUT2D eigenvalue weighted by atomic mass is 10.0. The Morgan fingerprint density at radius 2 is 1.96 bits per heavy atom. The monoisotopic (exact) mass is 354 g/mol. The lowest BCUT2D eigenvalue weighted by molar-refractivity contribution is -0.132. The van der Waals surface area contributed by atoms with Crippen molar-refractivity contribution in [2.24, 2.45) is 0 Å². The average Bonchev–Trinajstić information content (AvgIpc) is 2.51. The number of carboxylic acids is 1. The number of hydrogen-bond acceptors (Lipinski definition) is 4. The molecule has 0 bridgehead atoms. The topological polar surface area (TPSA) is 104 Å². The zero-order valence-corrected chi connectivity index (χ0v) is 14.4. The molecule has 0 aromatic heterocycles. The largest absolute Gasteiger partial charge is 0.478 e. The van der Waals surface area contributed by atoms with Gasteiger partial charge in [-0.1, -0.05) is 12.1 Å². The van der Waals surface area contributed by atoms with E-state index in [4.69, 9.17) is 5.11 Å². The molecule has 1 aliphatic heterocycles. The zero-order chi connectivity index (χ0) is 17.7. The number of likely N-dealkylation sites (tertiary alicyclic amines) is 1. The van der Waals surface area contributed by atoms with E-state index in [1.807, 2.05) is 0 Å². The van der Waals surface area contributed by atoms with E-state index in [2.05, 4.69) is 4.72 Å². The summed E-state index contributed by atoms with van der Waals surface area (Å²) in [6.45, 7) is 1.03. The second kappa shape index (κ2) is 7.76. The van der Waals surface area contributed by atoms with Crippen LogP contribution in [-0.4, -0.2) is 55.7 Å². The van der Waals surface area contributed by atoms with E-state index >= 15 is 0 Å². The minimum absolute atomic E-state index is 0.0164. The van der Waals surface area contributed by atoms with Crippen molar-refractivity contribution in [1.29, 1.82) is 0 Å². The SMILES string of the molecule is CS(=O)(=O)NC1CCCN(C(=O)CCc2ccc(C(=O)O)cc2)C1. The number of amides is 1. The molecule has 1 atom stereocenters. The van der Waals surface area contributed by atoms with Crippen molar-refractivity contribution in [2.45, 2.75) is 31.7 Å². The summed E-state index contributed by atoms with van der Waals surface area (Å²) in [5.74, 6) is -0.993. The summed E-state index contributed by atoms with van der Waals surface area (Å²) in [6, 6.07) is 6.24. The van der Waals surface area contributed by atoms with Crippen LogP contribution < -0.4 is 4.72 Å². The summed E-state index contributed by atoms with van der Waals surface area (Å²) in [4.78, 5) is 24.8. The van der Waals surface area contributed by atoms with Crippen molar-refractivity contribution < 1.29 is 23.1 Å². The van der Waals surface area contributed by atoms with Crippen molar-refractivity contribution >= 4 is 21.9 Å². The van der Waals surface area contributed by atoms with Gasteiger partial charge in [-0.05, 0) is 37.0 Å².